The van der Waals surface area contributed by atoms with E-state index >= 15 is 0 Å². The van der Waals surface area contributed by atoms with Crippen molar-refractivity contribution in [1.29, 1.82) is 0 Å². The third kappa shape index (κ3) is 3.66. The molecule has 0 saturated carbocycles. The SMILES string of the molecule is CCc1c(-c2c(C(N)=O)nc3cc(F)ccc3c2C(N)=O)nnn1Cc1ccc(F)cc1. The number of halogens is 2. The molecule has 4 N–H and O–H groups in total. The van der Waals surface area contributed by atoms with Crippen LogP contribution in [-0.2, 0) is 13.0 Å². The van der Waals surface area contributed by atoms with Gasteiger partial charge in [-0.15, -0.1) is 5.10 Å². The van der Waals surface area contributed by atoms with Gasteiger partial charge in [0.2, 0.25) is 5.91 Å². The fourth-order valence-electron chi connectivity index (χ4n) is 3.67. The Balaban J connectivity index is 1.97. The van der Waals surface area contributed by atoms with E-state index in [9.17, 15) is 18.4 Å². The first-order chi connectivity index (χ1) is 15.3. The molecule has 0 radical (unpaired) electrons. The quantitative estimate of drug-likeness (QED) is 0.480. The normalized spacial score (nSPS) is 11.1. The van der Waals surface area contributed by atoms with E-state index in [-0.39, 0.29) is 45.8 Å². The summed E-state index contributed by atoms with van der Waals surface area (Å²) < 4.78 is 28.6. The van der Waals surface area contributed by atoms with Gasteiger partial charge in [0.25, 0.3) is 5.91 Å². The number of hydrogen-bond acceptors (Lipinski definition) is 5. The van der Waals surface area contributed by atoms with Gasteiger partial charge in [-0.05, 0) is 36.2 Å². The molecule has 8 nitrogen and oxygen atoms in total. The van der Waals surface area contributed by atoms with E-state index in [1.807, 2.05) is 6.92 Å². The van der Waals surface area contributed by atoms with Crippen molar-refractivity contribution in [3.8, 4) is 11.3 Å². The summed E-state index contributed by atoms with van der Waals surface area (Å²) >= 11 is 0. The first-order valence-corrected chi connectivity index (χ1v) is 9.70. The molecule has 0 spiro atoms. The van der Waals surface area contributed by atoms with Crippen molar-refractivity contribution in [2.45, 2.75) is 19.9 Å². The number of amides is 2. The van der Waals surface area contributed by atoms with Crippen molar-refractivity contribution in [1.82, 2.24) is 20.0 Å². The van der Waals surface area contributed by atoms with E-state index in [2.05, 4.69) is 15.3 Å². The third-order valence-corrected chi connectivity index (χ3v) is 5.08. The van der Waals surface area contributed by atoms with Gasteiger partial charge < -0.3 is 11.5 Å². The van der Waals surface area contributed by atoms with Gasteiger partial charge in [0.15, 0.2) is 0 Å². The van der Waals surface area contributed by atoms with Crippen LogP contribution in [-0.4, -0.2) is 31.8 Å². The Morgan fingerprint density at radius 2 is 1.69 bits per heavy atom. The van der Waals surface area contributed by atoms with Crippen molar-refractivity contribution in [2.24, 2.45) is 11.5 Å². The van der Waals surface area contributed by atoms with E-state index in [0.717, 1.165) is 17.7 Å². The summed E-state index contributed by atoms with van der Waals surface area (Å²) in [6.45, 7) is 2.13. The Kier molecular flexibility index (Phi) is 5.35. The number of rotatable bonds is 6. The molecule has 0 fully saturated rings. The molecule has 162 valence electrons. The number of aromatic nitrogens is 4. The van der Waals surface area contributed by atoms with Crippen molar-refractivity contribution < 1.29 is 18.4 Å². The van der Waals surface area contributed by atoms with Gasteiger partial charge in [-0.2, -0.15) is 0 Å². The smallest absolute Gasteiger partial charge is 0.268 e. The first kappa shape index (κ1) is 21.0. The predicted molar refractivity (Wildman–Crippen MR) is 113 cm³/mol. The van der Waals surface area contributed by atoms with Gasteiger partial charge in [0.1, 0.15) is 23.0 Å². The van der Waals surface area contributed by atoms with E-state index < -0.39 is 17.6 Å². The molecule has 4 rings (SSSR count). The van der Waals surface area contributed by atoms with Gasteiger partial charge >= 0.3 is 0 Å². The van der Waals surface area contributed by atoms with Gasteiger partial charge in [0.05, 0.1) is 23.3 Å². The number of benzene rings is 2. The molecule has 32 heavy (non-hydrogen) atoms. The highest BCUT2D eigenvalue weighted by molar-refractivity contribution is 6.15. The van der Waals surface area contributed by atoms with Gasteiger partial charge in [0, 0.05) is 17.0 Å². The average molecular weight is 436 g/mol. The molecule has 0 aliphatic rings. The zero-order valence-corrected chi connectivity index (χ0v) is 17.0. The number of hydrogen-bond donors (Lipinski definition) is 2. The molecule has 0 aliphatic heterocycles. The van der Waals surface area contributed by atoms with E-state index in [1.165, 1.54) is 18.2 Å². The van der Waals surface area contributed by atoms with Crippen molar-refractivity contribution in [3.63, 3.8) is 0 Å². The molecule has 0 bridgehead atoms. The Morgan fingerprint density at radius 1 is 1.00 bits per heavy atom. The molecule has 0 saturated heterocycles. The monoisotopic (exact) mass is 436 g/mol. The lowest BCUT2D eigenvalue weighted by atomic mass is 9.95. The molecule has 2 amide bonds. The van der Waals surface area contributed by atoms with Crippen LogP contribution in [0.1, 0.15) is 39.0 Å². The van der Waals surface area contributed by atoms with E-state index in [4.69, 9.17) is 11.5 Å². The number of carbonyl (C=O) groups excluding carboxylic acids is 2. The molecule has 2 aromatic carbocycles. The Hall–Kier alpha value is -4.21. The van der Waals surface area contributed by atoms with Crippen LogP contribution < -0.4 is 11.5 Å². The third-order valence-electron chi connectivity index (χ3n) is 5.08. The van der Waals surface area contributed by atoms with Crippen LogP contribution in [0.2, 0.25) is 0 Å². The highest BCUT2D eigenvalue weighted by Crippen LogP contribution is 2.33. The molecule has 0 atom stereocenters. The molecule has 0 unspecified atom stereocenters. The molecule has 10 heteroatoms. The highest BCUT2D eigenvalue weighted by Gasteiger charge is 2.28. The standard InChI is InChI=1S/C22H18F2N6O2/c1-2-16-19(28-29-30(16)10-11-3-5-12(23)6-4-11)18-17(21(25)31)14-8-7-13(24)9-15(14)27-20(18)22(26)32/h3-9H,2,10H2,1H3,(H2,25,31)(H2,26,32). The Bertz CT molecular complexity index is 1370. The predicted octanol–water partition coefficient (Wildman–Crippen LogP) is 2.58. The highest BCUT2D eigenvalue weighted by atomic mass is 19.1. The molecule has 4 aromatic rings. The van der Waals surface area contributed by atoms with Crippen LogP contribution in [0.5, 0.6) is 0 Å². The van der Waals surface area contributed by atoms with Crippen LogP contribution in [0.4, 0.5) is 8.78 Å². The lowest BCUT2D eigenvalue weighted by Gasteiger charge is -2.14. The second-order valence-corrected chi connectivity index (χ2v) is 7.12. The maximum absolute atomic E-state index is 13.8. The van der Waals surface area contributed by atoms with Crippen LogP contribution in [0.25, 0.3) is 22.2 Å². The van der Waals surface area contributed by atoms with Crippen molar-refractivity contribution in [3.05, 3.63) is 76.6 Å². The lowest BCUT2D eigenvalue weighted by molar-refractivity contribution is 0.0996. The molecule has 2 heterocycles. The summed E-state index contributed by atoms with van der Waals surface area (Å²) in [5.74, 6) is -2.73. The summed E-state index contributed by atoms with van der Waals surface area (Å²) in [4.78, 5) is 28.9. The second-order valence-electron chi connectivity index (χ2n) is 7.12. The maximum Gasteiger partial charge on any atom is 0.268 e. The zero-order valence-electron chi connectivity index (χ0n) is 17.0. The van der Waals surface area contributed by atoms with Crippen LogP contribution >= 0.6 is 0 Å². The maximum atomic E-state index is 13.8. The van der Waals surface area contributed by atoms with Gasteiger partial charge in [-0.25, -0.2) is 18.4 Å². The minimum atomic E-state index is -0.927. The van der Waals surface area contributed by atoms with Crippen molar-refractivity contribution >= 4 is 22.7 Å². The summed E-state index contributed by atoms with van der Waals surface area (Å²) in [6.07, 6.45) is 0.432. The summed E-state index contributed by atoms with van der Waals surface area (Å²) in [6, 6.07) is 9.52. The number of pyridine rings is 1. The summed E-state index contributed by atoms with van der Waals surface area (Å²) in [5.41, 5.74) is 12.6. The zero-order chi connectivity index (χ0) is 23.0. The minimum Gasteiger partial charge on any atom is -0.366 e. The molecular formula is C22H18F2N6O2. The number of nitrogens with zero attached hydrogens (tertiary/aromatic N) is 4. The van der Waals surface area contributed by atoms with Crippen molar-refractivity contribution in [2.75, 3.05) is 0 Å². The fraction of sp³-hybridized carbons (Fsp3) is 0.136. The summed E-state index contributed by atoms with van der Waals surface area (Å²) in [5, 5.41) is 8.61. The topological polar surface area (TPSA) is 130 Å². The average Bonchev–Trinajstić information content (AvgIpc) is 3.15. The van der Waals surface area contributed by atoms with E-state index in [1.54, 1.807) is 16.8 Å². The molecule has 0 aliphatic carbocycles. The van der Waals surface area contributed by atoms with Crippen LogP contribution in [0.3, 0.4) is 0 Å². The first-order valence-electron chi connectivity index (χ1n) is 9.70. The van der Waals surface area contributed by atoms with E-state index in [0.29, 0.717) is 12.1 Å². The lowest BCUT2D eigenvalue weighted by Crippen LogP contribution is -2.21. The number of primary amides is 2. The Labute approximate surface area is 180 Å². The molecule has 2 aromatic heterocycles. The number of carbonyl (C=O) groups is 2. The Morgan fingerprint density at radius 3 is 2.31 bits per heavy atom. The molecular weight excluding hydrogens is 418 g/mol. The minimum absolute atomic E-state index is 0.0475. The van der Waals surface area contributed by atoms with Crippen LogP contribution in [0.15, 0.2) is 42.5 Å². The summed E-state index contributed by atoms with van der Waals surface area (Å²) in [7, 11) is 0. The van der Waals surface area contributed by atoms with Gasteiger partial charge in [-0.1, -0.05) is 24.3 Å². The van der Waals surface area contributed by atoms with Crippen LogP contribution in [0, 0.1) is 11.6 Å². The second kappa shape index (κ2) is 8.14. The van der Waals surface area contributed by atoms with Gasteiger partial charge in [-0.3, -0.25) is 9.59 Å². The number of fused-ring (bicyclic) bond motifs is 1. The largest absolute Gasteiger partial charge is 0.366 e. The number of nitrogens with two attached hydrogens (primary N) is 2. The fourth-order valence-corrected chi connectivity index (χ4v) is 3.67.